The van der Waals surface area contributed by atoms with Crippen molar-refractivity contribution >= 4 is 15.9 Å². The van der Waals surface area contributed by atoms with E-state index < -0.39 is 10.0 Å². The average Bonchev–Trinajstić information content (AvgIpc) is 2.78. The number of hydrogen-bond donors (Lipinski definition) is 1. The SMILES string of the molecule is CC(C)c1ccc(S(=O)(=O)N2CCN(CC(=O)NC[C@H](C)c3ccccc3)CC2)cc1. The normalized spacial score (nSPS) is 16.9. The maximum atomic E-state index is 12.9. The van der Waals surface area contributed by atoms with E-state index in [1.54, 1.807) is 12.1 Å². The van der Waals surface area contributed by atoms with Gasteiger partial charge >= 0.3 is 0 Å². The van der Waals surface area contributed by atoms with Crippen molar-refractivity contribution in [2.45, 2.75) is 37.5 Å². The van der Waals surface area contributed by atoms with Crippen molar-refractivity contribution < 1.29 is 13.2 Å². The first-order chi connectivity index (χ1) is 14.8. The molecule has 31 heavy (non-hydrogen) atoms. The van der Waals surface area contributed by atoms with Gasteiger partial charge in [-0.05, 0) is 35.1 Å². The highest BCUT2D eigenvalue weighted by molar-refractivity contribution is 7.89. The van der Waals surface area contributed by atoms with Crippen LogP contribution in [0.15, 0.2) is 59.5 Å². The van der Waals surface area contributed by atoms with Crippen molar-refractivity contribution in [2.75, 3.05) is 39.3 Å². The van der Waals surface area contributed by atoms with Crippen molar-refractivity contribution in [3.8, 4) is 0 Å². The molecular formula is C24H33N3O3S. The fraction of sp³-hybridized carbons (Fsp3) is 0.458. The molecule has 0 bridgehead atoms. The van der Waals surface area contributed by atoms with E-state index in [1.807, 2.05) is 35.2 Å². The van der Waals surface area contributed by atoms with Crippen LogP contribution in [0.4, 0.5) is 0 Å². The van der Waals surface area contributed by atoms with E-state index in [4.69, 9.17) is 0 Å². The lowest BCUT2D eigenvalue weighted by molar-refractivity contribution is -0.122. The fourth-order valence-corrected chi connectivity index (χ4v) is 5.15. The van der Waals surface area contributed by atoms with Gasteiger partial charge in [0.15, 0.2) is 0 Å². The molecule has 168 valence electrons. The molecule has 1 saturated heterocycles. The predicted octanol–water partition coefficient (Wildman–Crippen LogP) is 3.04. The van der Waals surface area contributed by atoms with Crippen LogP contribution in [-0.4, -0.2) is 62.8 Å². The number of amides is 1. The van der Waals surface area contributed by atoms with Gasteiger partial charge in [-0.3, -0.25) is 9.69 Å². The second-order valence-electron chi connectivity index (χ2n) is 8.52. The number of carbonyl (C=O) groups excluding carboxylic acids is 1. The number of benzene rings is 2. The highest BCUT2D eigenvalue weighted by atomic mass is 32.2. The number of hydrogen-bond acceptors (Lipinski definition) is 4. The van der Waals surface area contributed by atoms with Gasteiger partial charge in [0.1, 0.15) is 0 Å². The Bertz CT molecular complexity index is 951. The third kappa shape index (κ3) is 6.15. The molecule has 3 rings (SSSR count). The Morgan fingerprint density at radius 2 is 1.52 bits per heavy atom. The Morgan fingerprint density at radius 1 is 0.903 bits per heavy atom. The molecule has 1 aliphatic heterocycles. The van der Waals surface area contributed by atoms with E-state index in [2.05, 4.69) is 38.2 Å². The summed E-state index contributed by atoms with van der Waals surface area (Å²) in [7, 11) is -3.50. The Morgan fingerprint density at radius 3 is 2.10 bits per heavy atom. The molecular weight excluding hydrogens is 410 g/mol. The summed E-state index contributed by atoms with van der Waals surface area (Å²) in [4.78, 5) is 14.7. The smallest absolute Gasteiger partial charge is 0.243 e. The largest absolute Gasteiger partial charge is 0.354 e. The van der Waals surface area contributed by atoms with Crippen molar-refractivity contribution in [1.82, 2.24) is 14.5 Å². The molecule has 0 aromatic heterocycles. The molecule has 1 N–H and O–H groups in total. The Balaban J connectivity index is 1.47. The summed E-state index contributed by atoms with van der Waals surface area (Å²) < 4.78 is 27.4. The molecule has 0 unspecified atom stereocenters. The van der Waals surface area contributed by atoms with Gasteiger partial charge in [-0.1, -0.05) is 63.2 Å². The maximum Gasteiger partial charge on any atom is 0.243 e. The van der Waals surface area contributed by atoms with E-state index in [-0.39, 0.29) is 11.8 Å². The molecule has 1 fully saturated rings. The third-order valence-electron chi connectivity index (χ3n) is 5.86. The first-order valence-corrected chi connectivity index (χ1v) is 12.4. The van der Waals surface area contributed by atoms with E-state index in [1.165, 1.54) is 9.87 Å². The zero-order chi connectivity index (χ0) is 22.4. The molecule has 2 aromatic carbocycles. The third-order valence-corrected chi connectivity index (χ3v) is 7.77. The van der Waals surface area contributed by atoms with Crippen LogP contribution < -0.4 is 5.32 Å². The van der Waals surface area contributed by atoms with Gasteiger partial charge in [0.05, 0.1) is 11.4 Å². The van der Waals surface area contributed by atoms with E-state index in [9.17, 15) is 13.2 Å². The van der Waals surface area contributed by atoms with Gasteiger partial charge in [-0.25, -0.2) is 8.42 Å². The molecule has 0 saturated carbocycles. The van der Waals surface area contributed by atoms with Gasteiger partial charge in [0.2, 0.25) is 15.9 Å². The number of sulfonamides is 1. The standard InChI is InChI=1S/C24H33N3O3S/c1-19(2)21-9-11-23(12-10-21)31(29,30)27-15-13-26(14-16-27)18-24(28)25-17-20(3)22-7-5-4-6-8-22/h4-12,19-20H,13-18H2,1-3H3,(H,25,28)/t20-/m0/s1. The van der Waals surface area contributed by atoms with Crippen LogP contribution in [0, 0.1) is 0 Å². The maximum absolute atomic E-state index is 12.9. The molecule has 6 nitrogen and oxygen atoms in total. The first kappa shape index (κ1) is 23.4. The van der Waals surface area contributed by atoms with Crippen LogP contribution in [-0.2, 0) is 14.8 Å². The topological polar surface area (TPSA) is 69.7 Å². The van der Waals surface area contributed by atoms with Crippen LogP contribution in [0.2, 0.25) is 0 Å². The molecule has 7 heteroatoms. The highest BCUT2D eigenvalue weighted by Crippen LogP contribution is 2.21. The van der Waals surface area contributed by atoms with Crippen molar-refractivity contribution in [3.63, 3.8) is 0 Å². The molecule has 0 radical (unpaired) electrons. The van der Waals surface area contributed by atoms with Gasteiger partial charge in [-0.15, -0.1) is 0 Å². The fourth-order valence-electron chi connectivity index (χ4n) is 3.73. The lowest BCUT2D eigenvalue weighted by Gasteiger charge is -2.33. The van der Waals surface area contributed by atoms with Gasteiger partial charge in [0.25, 0.3) is 0 Å². The van der Waals surface area contributed by atoms with Gasteiger partial charge in [-0.2, -0.15) is 4.31 Å². The average molecular weight is 444 g/mol. The van der Waals surface area contributed by atoms with Crippen molar-refractivity contribution in [1.29, 1.82) is 0 Å². The minimum atomic E-state index is -3.50. The van der Waals surface area contributed by atoms with E-state index >= 15 is 0 Å². The lowest BCUT2D eigenvalue weighted by Crippen LogP contribution is -2.51. The Kier molecular flexibility index (Phi) is 7.86. The molecule has 1 atom stereocenters. The second-order valence-corrected chi connectivity index (χ2v) is 10.5. The molecule has 1 amide bonds. The zero-order valence-corrected chi connectivity index (χ0v) is 19.4. The summed E-state index contributed by atoms with van der Waals surface area (Å²) in [5.41, 5.74) is 2.32. The highest BCUT2D eigenvalue weighted by Gasteiger charge is 2.29. The van der Waals surface area contributed by atoms with Crippen molar-refractivity contribution in [3.05, 3.63) is 65.7 Å². The van der Waals surface area contributed by atoms with Crippen LogP contribution >= 0.6 is 0 Å². The van der Waals surface area contributed by atoms with Crippen molar-refractivity contribution in [2.24, 2.45) is 0 Å². The summed E-state index contributed by atoms with van der Waals surface area (Å²) in [5.74, 6) is 0.583. The number of rotatable bonds is 8. The molecule has 0 aliphatic carbocycles. The quantitative estimate of drug-likeness (QED) is 0.681. The number of nitrogens with one attached hydrogen (secondary N) is 1. The van der Waals surface area contributed by atoms with Gasteiger partial charge < -0.3 is 5.32 Å². The summed E-state index contributed by atoms with van der Waals surface area (Å²) >= 11 is 0. The Hall–Kier alpha value is -2.22. The number of nitrogens with zero attached hydrogens (tertiary/aromatic N) is 2. The monoisotopic (exact) mass is 443 g/mol. The Labute approximate surface area is 186 Å². The van der Waals surface area contributed by atoms with Gasteiger partial charge in [0, 0.05) is 32.7 Å². The molecule has 1 heterocycles. The predicted molar refractivity (Wildman–Crippen MR) is 124 cm³/mol. The summed E-state index contributed by atoms with van der Waals surface area (Å²) in [5, 5.41) is 3.00. The summed E-state index contributed by atoms with van der Waals surface area (Å²) in [6.45, 7) is 9.01. The summed E-state index contributed by atoms with van der Waals surface area (Å²) in [6, 6.07) is 17.3. The number of carbonyl (C=O) groups is 1. The molecule has 1 aliphatic rings. The molecule has 2 aromatic rings. The summed E-state index contributed by atoms with van der Waals surface area (Å²) in [6.07, 6.45) is 0. The minimum Gasteiger partial charge on any atom is -0.354 e. The second kappa shape index (κ2) is 10.4. The van der Waals surface area contributed by atoms with Crippen LogP contribution in [0.3, 0.4) is 0 Å². The van der Waals surface area contributed by atoms with Crippen LogP contribution in [0.5, 0.6) is 0 Å². The lowest BCUT2D eigenvalue weighted by atomic mass is 10.0. The zero-order valence-electron chi connectivity index (χ0n) is 18.6. The van der Waals surface area contributed by atoms with Crippen LogP contribution in [0.1, 0.15) is 43.7 Å². The van der Waals surface area contributed by atoms with E-state index in [0.29, 0.717) is 50.1 Å². The molecule has 0 spiro atoms. The minimum absolute atomic E-state index is 0.0247. The number of piperazine rings is 1. The van der Waals surface area contributed by atoms with E-state index in [0.717, 1.165) is 5.56 Å². The first-order valence-electron chi connectivity index (χ1n) is 10.9. The van der Waals surface area contributed by atoms with Crippen LogP contribution in [0.25, 0.3) is 0 Å².